The smallest absolute Gasteiger partial charge is 0.288 e. The molecule has 3 heterocycles. The predicted molar refractivity (Wildman–Crippen MR) is 113 cm³/mol. The van der Waals surface area contributed by atoms with Gasteiger partial charge in [-0.25, -0.2) is 14.1 Å². The highest BCUT2D eigenvalue weighted by Crippen LogP contribution is 2.39. The SMILES string of the molecule is CNS(=O)(=O)N1CCC(Nc2ncc3cc(F)c(=O)n([C@H]4CCC[C@]4(C)O)c3n2)CC1. The summed E-state index contributed by atoms with van der Waals surface area (Å²) in [6.45, 7) is 2.37. The van der Waals surface area contributed by atoms with Crippen molar-refractivity contribution in [1.29, 1.82) is 0 Å². The van der Waals surface area contributed by atoms with Crippen molar-refractivity contribution in [2.75, 3.05) is 25.5 Å². The van der Waals surface area contributed by atoms with Gasteiger partial charge in [-0.2, -0.15) is 17.7 Å². The predicted octanol–water partition coefficient (Wildman–Crippen LogP) is 0.747. The minimum Gasteiger partial charge on any atom is -0.388 e. The largest absolute Gasteiger partial charge is 0.388 e. The van der Waals surface area contributed by atoms with E-state index in [0.717, 1.165) is 12.5 Å². The van der Waals surface area contributed by atoms with Gasteiger partial charge in [0.05, 0.1) is 11.6 Å². The molecular weight excluding hydrogens is 427 g/mol. The van der Waals surface area contributed by atoms with E-state index < -0.39 is 33.2 Å². The zero-order chi connectivity index (χ0) is 22.4. The van der Waals surface area contributed by atoms with Gasteiger partial charge in [0.25, 0.3) is 15.8 Å². The maximum atomic E-state index is 14.3. The van der Waals surface area contributed by atoms with Crippen molar-refractivity contribution in [1.82, 2.24) is 23.6 Å². The molecule has 1 saturated heterocycles. The number of nitrogens with zero attached hydrogens (tertiary/aromatic N) is 4. The van der Waals surface area contributed by atoms with Crippen LogP contribution in [0.1, 0.15) is 45.1 Å². The zero-order valence-corrected chi connectivity index (χ0v) is 18.3. The quantitative estimate of drug-likeness (QED) is 0.608. The number of anilines is 1. The van der Waals surface area contributed by atoms with Crippen LogP contribution in [-0.2, 0) is 10.2 Å². The van der Waals surface area contributed by atoms with Crippen LogP contribution in [0, 0.1) is 5.82 Å². The highest BCUT2D eigenvalue weighted by molar-refractivity contribution is 7.87. The molecule has 2 fully saturated rings. The van der Waals surface area contributed by atoms with Crippen molar-refractivity contribution in [3.63, 3.8) is 0 Å². The lowest BCUT2D eigenvalue weighted by molar-refractivity contribution is 0.0263. The third-order valence-corrected chi connectivity index (χ3v) is 7.87. The number of piperidine rings is 1. The van der Waals surface area contributed by atoms with Gasteiger partial charge >= 0.3 is 0 Å². The average molecular weight is 455 g/mol. The Bertz CT molecular complexity index is 1140. The van der Waals surface area contributed by atoms with Crippen molar-refractivity contribution in [2.24, 2.45) is 0 Å². The number of hydrogen-bond donors (Lipinski definition) is 3. The lowest BCUT2D eigenvalue weighted by Gasteiger charge is -2.31. The number of hydrogen-bond acceptors (Lipinski definition) is 7. The molecule has 1 saturated carbocycles. The van der Waals surface area contributed by atoms with Gasteiger partial charge in [0, 0.05) is 37.8 Å². The van der Waals surface area contributed by atoms with Crippen LogP contribution >= 0.6 is 0 Å². The van der Waals surface area contributed by atoms with E-state index in [0.29, 0.717) is 44.2 Å². The van der Waals surface area contributed by atoms with Crippen molar-refractivity contribution < 1.29 is 17.9 Å². The normalized spacial score (nSPS) is 25.9. The van der Waals surface area contributed by atoms with Gasteiger partial charge in [-0.3, -0.25) is 9.36 Å². The summed E-state index contributed by atoms with van der Waals surface area (Å²) < 4.78 is 43.1. The number of aliphatic hydroxyl groups is 1. The first-order valence-corrected chi connectivity index (χ1v) is 11.8. The summed E-state index contributed by atoms with van der Waals surface area (Å²) >= 11 is 0. The van der Waals surface area contributed by atoms with Gasteiger partial charge in [-0.05, 0) is 45.1 Å². The molecule has 0 radical (unpaired) electrons. The van der Waals surface area contributed by atoms with E-state index >= 15 is 0 Å². The molecule has 0 bridgehead atoms. The van der Waals surface area contributed by atoms with E-state index in [-0.39, 0.29) is 17.6 Å². The molecule has 2 atom stereocenters. The molecule has 0 amide bonds. The highest BCUT2D eigenvalue weighted by atomic mass is 32.2. The molecular formula is C19H27FN6O4S. The summed E-state index contributed by atoms with van der Waals surface area (Å²) in [5.74, 6) is -0.627. The molecule has 0 spiro atoms. The van der Waals surface area contributed by atoms with Crippen molar-refractivity contribution >= 4 is 27.2 Å². The highest BCUT2D eigenvalue weighted by Gasteiger charge is 2.40. The van der Waals surface area contributed by atoms with Crippen LogP contribution < -0.4 is 15.6 Å². The second kappa shape index (κ2) is 8.08. The lowest BCUT2D eigenvalue weighted by atomic mass is 10.00. The third kappa shape index (κ3) is 4.16. The van der Waals surface area contributed by atoms with Crippen molar-refractivity contribution in [2.45, 2.75) is 56.7 Å². The zero-order valence-electron chi connectivity index (χ0n) is 17.5. The number of halogens is 1. The van der Waals surface area contributed by atoms with Crippen LogP contribution in [-0.4, -0.2) is 64.1 Å². The number of aromatic nitrogens is 3. The fourth-order valence-electron chi connectivity index (χ4n) is 4.54. The third-order valence-electron chi connectivity index (χ3n) is 6.30. The molecule has 3 N–H and O–H groups in total. The Hall–Kier alpha value is -2.15. The van der Waals surface area contributed by atoms with Gasteiger partial charge in [0.15, 0.2) is 5.82 Å². The first kappa shape index (κ1) is 22.1. The van der Waals surface area contributed by atoms with E-state index in [1.807, 2.05) is 0 Å². The summed E-state index contributed by atoms with van der Waals surface area (Å²) in [7, 11) is -2.07. The molecule has 31 heavy (non-hydrogen) atoms. The first-order chi connectivity index (χ1) is 14.6. The second-order valence-electron chi connectivity index (χ2n) is 8.43. The second-order valence-corrected chi connectivity index (χ2v) is 10.3. The van der Waals surface area contributed by atoms with Crippen molar-refractivity contribution in [3.8, 4) is 0 Å². The van der Waals surface area contributed by atoms with Gasteiger partial charge in [-0.1, -0.05) is 0 Å². The molecule has 2 aromatic heterocycles. The van der Waals surface area contributed by atoms with Crippen LogP contribution in [0.3, 0.4) is 0 Å². The van der Waals surface area contributed by atoms with Crippen LogP contribution in [0.4, 0.5) is 10.3 Å². The Morgan fingerprint density at radius 2 is 2.00 bits per heavy atom. The maximum Gasteiger partial charge on any atom is 0.288 e. The lowest BCUT2D eigenvalue weighted by Crippen LogP contribution is -2.46. The molecule has 1 aliphatic carbocycles. The Morgan fingerprint density at radius 1 is 1.29 bits per heavy atom. The van der Waals surface area contributed by atoms with Crippen LogP contribution in [0.15, 0.2) is 17.1 Å². The van der Waals surface area contributed by atoms with Crippen LogP contribution in [0.5, 0.6) is 0 Å². The molecule has 1 aliphatic heterocycles. The van der Waals surface area contributed by atoms with Gasteiger partial charge in [0.2, 0.25) is 5.95 Å². The number of pyridine rings is 1. The number of nitrogens with one attached hydrogen (secondary N) is 2. The van der Waals surface area contributed by atoms with E-state index in [2.05, 4.69) is 20.0 Å². The van der Waals surface area contributed by atoms with Gasteiger partial charge in [-0.15, -0.1) is 0 Å². The van der Waals surface area contributed by atoms with E-state index in [9.17, 15) is 22.7 Å². The molecule has 4 rings (SSSR count). The maximum absolute atomic E-state index is 14.3. The Kier molecular flexibility index (Phi) is 5.75. The molecule has 170 valence electrons. The standard InChI is InChI=1S/C19H27FN6O4S/c1-19(28)7-3-4-15(19)26-16-12(10-14(20)17(26)27)11-22-18(24-16)23-13-5-8-25(9-6-13)31(29,30)21-2/h10-11,13,15,21,28H,3-9H2,1-2H3,(H,22,23,24)/t15-,19-/m0/s1. The van der Waals surface area contributed by atoms with E-state index in [1.54, 1.807) is 6.92 Å². The first-order valence-electron chi connectivity index (χ1n) is 10.4. The topological polar surface area (TPSA) is 129 Å². The molecule has 10 nitrogen and oxygen atoms in total. The summed E-state index contributed by atoms with van der Waals surface area (Å²) in [4.78, 5) is 21.4. The summed E-state index contributed by atoms with van der Waals surface area (Å²) in [5.41, 5.74) is -1.67. The summed E-state index contributed by atoms with van der Waals surface area (Å²) in [5, 5.41) is 14.3. The van der Waals surface area contributed by atoms with Crippen molar-refractivity contribution in [3.05, 3.63) is 28.4 Å². The molecule has 2 aliphatic rings. The van der Waals surface area contributed by atoms with Gasteiger partial charge < -0.3 is 10.4 Å². The van der Waals surface area contributed by atoms with Crippen LogP contribution in [0.2, 0.25) is 0 Å². The summed E-state index contributed by atoms with van der Waals surface area (Å²) in [6, 6.07) is 0.495. The minimum atomic E-state index is -3.45. The Morgan fingerprint density at radius 3 is 2.61 bits per heavy atom. The Balaban J connectivity index is 1.62. The fourth-order valence-corrected chi connectivity index (χ4v) is 5.49. The van der Waals surface area contributed by atoms with E-state index in [4.69, 9.17) is 0 Å². The average Bonchev–Trinajstić information content (AvgIpc) is 3.08. The minimum absolute atomic E-state index is 0.0454. The monoisotopic (exact) mass is 454 g/mol. The summed E-state index contributed by atoms with van der Waals surface area (Å²) in [6.07, 6.45) is 4.38. The number of fused-ring (bicyclic) bond motifs is 1. The van der Waals surface area contributed by atoms with Gasteiger partial charge in [0.1, 0.15) is 5.65 Å². The van der Waals surface area contributed by atoms with E-state index in [1.165, 1.54) is 22.1 Å². The van der Waals surface area contributed by atoms with Crippen LogP contribution in [0.25, 0.3) is 11.0 Å². The molecule has 2 aromatic rings. The Labute approximate surface area is 179 Å². The number of rotatable bonds is 5. The molecule has 12 heteroatoms. The fraction of sp³-hybridized carbons (Fsp3) is 0.632. The molecule has 0 unspecified atom stereocenters. The molecule has 0 aromatic carbocycles.